The second-order valence-corrected chi connectivity index (χ2v) is 5.01. The van der Waals surface area contributed by atoms with Gasteiger partial charge in [0, 0.05) is 25.5 Å². The van der Waals surface area contributed by atoms with E-state index < -0.39 is 10.0 Å². The van der Waals surface area contributed by atoms with Crippen molar-refractivity contribution in [1.29, 1.82) is 0 Å². The van der Waals surface area contributed by atoms with Gasteiger partial charge in [0.05, 0.1) is 12.6 Å². The first-order chi connectivity index (χ1) is 6.58. The smallest absolute Gasteiger partial charge is 0.208 e. The third-order valence-electron chi connectivity index (χ3n) is 1.77. The van der Waals surface area contributed by atoms with Crippen LogP contribution in [0.2, 0.25) is 0 Å². The first-order valence-electron chi connectivity index (χ1n) is 4.48. The lowest BCUT2D eigenvalue weighted by Gasteiger charge is -2.02. The van der Waals surface area contributed by atoms with Crippen molar-refractivity contribution < 1.29 is 8.42 Å². The second kappa shape index (κ2) is 5.11. The lowest BCUT2D eigenvalue weighted by atomic mass is 10.3. The summed E-state index contributed by atoms with van der Waals surface area (Å²) in [6.45, 7) is 1.39. The van der Waals surface area contributed by atoms with Crippen LogP contribution in [0.1, 0.15) is 12.8 Å². The van der Waals surface area contributed by atoms with Crippen LogP contribution < -0.4 is 4.72 Å². The first-order valence-corrected chi connectivity index (χ1v) is 6.37. The van der Waals surface area contributed by atoms with Crippen molar-refractivity contribution in [3.05, 3.63) is 18.7 Å². The molecule has 0 amide bonds. The van der Waals surface area contributed by atoms with Crippen molar-refractivity contribution in [2.45, 2.75) is 19.4 Å². The number of unbranched alkanes of at least 4 members (excludes halogenated alkanes) is 1. The summed E-state index contributed by atoms with van der Waals surface area (Å²) in [5, 5.41) is 0. The van der Waals surface area contributed by atoms with Gasteiger partial charge in [0.25, 0.3) is 0 Å². The highest BCUT2D eigenvalue weighted by Crippen LogP contribution is 1.94. The molecule has 6 heteroatoms. The van der Waals surface area contributed by atoms with Crippen molar-refractivity contribution in [3.63, 3.8) is 0 Å². The molecule has 1 aromatic heterocycles. The molecule has 1 heterocycles. The molecule has 0 saturated heterocycles. The average molecular weight is 217 g/mol. The monoisotopic (exact) mass is 217 g/mol. The van der Waals surface area contributed by atoms with Crippen LogP contribution in [0, 0.1) is 0 Å². The number of hydrogen-bond acceptors (Lipinski definition) is 3. The van der Waals surface area contributed by atoms with Gasteiger partial charge in [-0.2, -0.15) is 0 Å². The van der Waals surface area contributed by atoms with Crippen molar-refractivity contribution in [1.82, 2.24) is 14.3 Å². The lowest BCUT2D eigenvalue weighted by Crippen LogP contribution is -2.23. The van der Waals surface area contributed by atoms with Gasteiger partial charge in [0.15, 0.2) is 0 Å². The number of nitrogens with zero attached hydrogens (tertiary/aromatic N) is 2. The third kappa shape index (κ3) is 4.98. The van der Waals surface area contributed by atoms with Gasteiger partial charge in [-0.15, -0.1) is 0 Å². The molecule has 0 radical (unpaired) electrons. The summed E-state index contributed by atoms with van der Waals surface area (Å²) in [4.78, 5) is 3.91. The number of aromatic nitrogens is 2. The summed E-state index contributed by atoms with van der Waals surface area (Å²) in [5.74, 6) is 0. The van der Waals surface area contributed by atoms with E-state index in [1.165, 1.54) is 6.26 Å². The van der Waals surface area contributed by atoms with E-state index in [0.29, 0.717) is 6.54 Å². The van der Waals surface area contributed by atoms with Crippen LogP contribution in [-0.2, 0) is 16.6 Å². The quantitative estimate of drug-likeness (QED) is 0.693. The largest absolute Gasteiger partial charge is 0.337 e. The molecule has 0 spiro atoms. The molecule has 0 unspecified atom stereocenters. The summed E-state index contributed by atoms with van der Waals surface area (Å²) in [5.41, 5.74) is 0. The second-order valence-electron chi connectivity index (χ2n) is 3.17. The highest BCUT2D eigenvalue weighted by molar-refractivity contribution is 7.88. The number of aryl methyl sites for hydroxylation is 1. The molecule has 80 valence electrons. The maximum atomic E-state index is 10.7. The van der Waals surface area contributed by atoms with Crippen LogP contribution in [0.3, 0.4) is 0 Å². The predicted octanol–water partition coefficient (Wildman–Crippen LogP) is 0.212. The molecular formula is C8H15N3O2S. The van der Waals surface area contributed by atoms with Gasteiger partial charge in [-0.1, -0.05) is 0 Å². The van der Waals surface area contributed by atoms with Crippen LogP contribution in [0.25, 0.3) is 0 Å². The van der Waals surface area contributed by atoms with E-state index in [9.17, 15) is 8.42 Å². The zero-order chi connectivity index (χ0) is 10.4. The molecule has 0 saturated carbocycles. The van der Waals surface area contributed by atoms with Crippen LogP contribution in [0.5, 0.6) is 0 Å². The molecule has 5 nitrogen and oxygen atoms in total. The maximum Gasteiger partial charge on any atom is 0.208 e. The Morgan fingerprint density at radius 3 is 2.79 bits per heavy atom. The molecule has 0 aliphatic rings. The van der Waals surface area contributed by atoms with Crippen molar-refractivity contribution >= 4 is 10.0 Å². The Hall–Kier alpha value is -0.880. The average Bonchev–Trinajstić information content (AvgIpc) is 2.54. The molecule has 0 aliphatic heterocycles. The Morgan fingerprint density at radius 1 is 1.43 bits per heavy atom. The minimum absolute atomic E-state index is 0.507. The SMILES string of the molecule is CS(=O)(=O)NCCCCn1ccnc1. The Balaban J connectivity index is 2.06. The molecule has 14 heavy (non-hydrogen) atoms. The fourth-order valence-electron chi connectivity index (χ4n) is 1.10. The summed E-state index contributed by atoms with van der Waals surface area (Å²) in [6, 6.07) is 0. The topological polar surface area (TPSA) is 64.0 Å². The standard InChI is InChI=1S/C8H15N3O2S/c1-14(12,13)10-4-2-3-6-11-7-5-9-8-11/h5,7-8,10H,2-4,6H2,1H3. The number of rotatable bonds is 6. The van der Waals surface area contributed by atoms with Gasteiger partial charge in [-0.05, 0) is 12.8 Å². The van der Waals surface area contributed by atoms with Gasteiger partial charge in [-0.3, -0.25) is 0 Å². The Kier molecular flexibility index (Phi) is 4.09. The predicted molar refractivity (Wildman–Crippen MR) is 54.3 cm³/mol. The molecule has 1 N–H and O–H groups in total. The normalized spacial score (nSPS) is 11.8. The number of sulfonamides is 1. The highest BCUT2D eigenvalue weighted by Gasteiger charge is 1.98. The van der Waals surface area contributed by atoms with Crippen molar-refractivity contribution in [2.75, 3.05) is 12.8 Å². The Bertz CT molecular complexity index is 345. The fraction of sp³-hybridized carbons (Fsp3) is 0.625. The van der Waals surface area contributed by atoms with Gasteiger partial charge >= 0.3 is 0 Å². The van der Waals surface area contributed by atoms with Crippen LogP contribution in [-0.4, -0.2) is 30.8 Å². The summed E-state index contributed by atoms with van der Waals surface area (Å²) in [7, 11) is -3.03. The minimum atomic E-state index is -3.03. The van der Waals surface area contributed by atoms with Gasteiger partial charge < -0.3 is 4.57 Å². The first kappa shape index (κ1) is 11.2. The lowest BCUT2D eigenvalue weighted by molar-refractivity contribution is 0.570. The van der Waals surface area contributed by atoms with E-state index >= 15 is 0 Å². The molecule has 0 atom stereocenters. The molecule has 0 aliphatic carbocycles. The fourth-order valence-corrected chi connectivity index (χ4v) is 1.61. The van der Waals surface area contributed by atoms with E-state index in [1.54, 1.807) is 12.5 Å². The Morgan fingerprint density at radius 2 is 2.21 bits per heavy atom. The summed E-state index contributed by atoms with van der Waals surface area (Å²) >= 11 is 0. The molecular weight excluding hydrogens is 202 g/mol. The number of hydrogen-bond donors (Lipinski definition) is 1. The maximum absolute atomic E-state index is 10.7. The van der Waals surface area contributed by atoms with E-state index in [0.717, 1.165) is 19.4 Å². The van der Waals surface area contributed by atoms with E-state index in [-0.39, 0.29) is 0 Å². The summed E-state index contributed by atoms with van der Waals surface area (Å²) < 4.78 is 25.8. The van der Waals surface area contributed by atoms with Crippen LogP contribution >= 0.6 is 0 Å². The molecule has 0 aromatic carbocycles. The molecule has 1 rings (SSSR count). The van der Waals surface area contributed by atoms with Gasteiger partial charge in [-0.25, -0.2) is 18.1 Å². The van der Waals surface area contributed by atoms with Crippen LogP contribution in [0.4, 0.5) is 0 Å². The van der Waals surface area contributed by atoms with E-state index in [4.69, 9.17) is 0 Å². The van der Waals surface area contributed by atoms with Gasteiger partial charge in [0.1, 0.15) is 0 Å². The van der Waals surface area contributed by atoms with Gasteiger partial charge in [0.2, 0.25) is 10.0 Å². The van der Waals surface area contributed by atoms with Crippen molar-refractivity contribution in [2.24, 2.45) is 0 Å². The van der Waals surface area contributed by atoms with E-state index in [1.807, 2.05) is 10.8 Å². The minimum Gasteiger partial charge on any atom is -0.337 e. The molecule has 0 bridgehead atoms. The zero-order valence-corrected chi connectivity index (χ0v) is 9.00. The summed E-state index contributed by atoms with van der Waals surface area (Å²) in [6.07, 6.45) is 8.33. The zero-order valence-electron chi connectivity index (χ0n) is 8.18. The van der Waals surface area contributed by atoms with Crippen molar-refractivity contribution in [3.8, 4) is 0 Å². The number of imidazole rings is 1. The van der Waals surface area contributed by atoms with Crippen LogP contribution in [0.15, 0.2) is 18.7 Å². The van der Waals surface area contributed by atoms with E-state index in [2.05, 4.69) is 9.71 Å². The number of nitrogens with one attached hydrogen (secondary N) is 1. The third-order valence-corrected chi connectivity index (χ3v) is 2.50. The molecule has 1 aromatic rings. The Labute approximate surface area is 84.2 Å². The highest BCUT2D eigenvalue weighted by atomic mass is 32.2. The molecule has 0 fully saturated rings.